The Hall–Kier alpha value is -2.57. The van der Waals surface area contributed by atoms with Crippen LogP contribution in [0.4, 0.5) is 5.95 Å². The molecule has 1 unspecified atom stereocenters. The van der Waals surface area contributed by atoms with Gasteiger partial charge in [0.2, 0.25) is 11.9 Å². The number of ether oxygens (including phenoxy) is 1. The Labute approximate surface area is 158 Å². The highest BCUT2D eigenvalue weighted by Gasteiger charge is 2.24. The molecule has 0 saturated carbocycles. The van der Waals surface area contributed by atoms with E-state index in [4.69, 9.17) is 4.74 Å². The molecule has 1 atom stereocenters. The first kappa shape index (κ1) is 18.2. The second kappa shape index (κ2) is 7.76. The summed E-state index contributed by atoms with van der Waals surface area (Å²) in [5.74, 6) is 1.28. The molecule has 1 amide bonds. The molecule has 0 radical (unpaired) electrons. The monoisotopic (exact) mass is 372 g/mol. The summed E-state index contributed by atoms with van der Waals surface area (Å²) in [6, 6.07) is 15.6. The molecule has 0 aliphatic carbocycles. The van der Waals surface area contributed by atoms with Gasteiger partial charge in [0.15, 0.2) is 0 Å². The average Bonchev–Trinajstić information content (AvgIpc) is 3.29. The van der Waals surface area contributed by atoms with Gasteiger partial charge in [-0.2, -0.15) is 0 Å². The smallest absolute Gasteiger partial charge is 0.231 e. The molecule has 136 valence electrons. The maximum Gasteiger partial charge on any atom is 0.231 e. The fourth-order valence-electron chi connectivity index (χ4n) is 3.21. The maximum atomic E-state index is 12.6. The number of anilines is 1. The Morgan fingerprint density at radius 2 is 2.12 bits per heavy atom. The fraction of sp³-hybridized carbons (Fsp3) is 0.263. The lowest BCUT2D eigenvalue weighted by molar-refractivity contribution is -0.119. The number of methoxy groups -OCH3 is 1. The van der Waals surface area contributed by atoms with Gasteiger partial charge in [-0.1, -0.05) is 18.2 Å². The molecule has 0 spiro atoms. The Kier molecular flexibility index (Phi) is 5.44. The van der Waals surface area contributed by atoms with Gasteiger partial charge in [0.25, 0.3) is 0 Å². The molecule has 0 bridgehead atoms. The summed E-state index contributed by atoms with van der Waals surface area (Å²) in [5, 5.41) is 6.23. The number of carbonyl (C=O) groups excluding carboxylic acids is 1. The van der Waals surface area contributed by atoms with E-state index in [1.165, 1.54) is 0 Å². The zero-order valence-electron chi connectivity index (χ0n) is 14.4. The zero-order chi connectivity index (χ0) is 17.2. The van der Waals surface area contributed by atoms with Crippen molar-refractivity contribution in [1.82, 2.24) is 14.9 Å². The third-order valence-electron chi connectivity index (χ3n) is 4.54. The molecular formula is C19H21ClN4O2. The van der Waals surface area contributed by atoms with Gasteiger partial charge in [0.05, 0.1) is 29.7 Å². The minimum absolute atomic E-state index is 0. The van der Waals surface area contributed by atoms with Crippen LogP contribution in [0.2, 0.25) is 0 Å². The van der Waals surface area contributed by atoms with Gasteiger partial charge in [-0.3, -0.25) is 14.7 Å². The molecule has 7 heteroatoms. The Morgan fingerprint density at radius 3 is 2.88 bits per heavy atom. The van der Waals surface area contributed by atoms with Crippen molar-refractivity contribution < 1.29 is 9.53 Å². The van der Waals surface area contributed by atoms with Crippen LogP contribution < -0.4 is 15.4 Å². The van der Waals surface area contributed by atoms with Crippen LogP contribution in [0.1, 0.15) is 6.42 Å². The SMILES string of the molecule is COc1cccc(-n2c(NC(=O)C3CCNC3)nc3ccccc32)c1.Cl. The van der Waals surface area contributed by atoms with E-state index in [2.05, 4.69) is 15.6 Å². The minimum atomic E-state index is -0.0152. The van der Waals surface area contributed by atoms with E-state index in [1.807, 2.05) is 53.1 Å². The van der Waals surface area contributed by atoms with Crippen molar-refractivity contribution in [3.05, 3.63) is 48.5 Å². The van der Waals surface area contributed by atoms with Gasteiger partial charge in [0.1, 0.15) is 5.75 Å². The molecule has 2 aromatic carbocycles. The first-order valence-electron chi connectivity index (χ1n) is 8.40. The zero-order valence-corrected chi connectivity index (χ0v) is 15.3. The standard InChI is InChI=1S/C19H20N4O2.ClH/c1-25-15-6-4-5-14(11-15)23-17-8-3-2-7-16(17)21-19(23)22-18(24)13-9-10-20-12-13;/h2-8,11,13,20H,9-10,12H2,1H3,(H,21,22,24);1H. The van der Waals surface area contributed by atoms with Crippen LogP contribution >= 0.6 is 12.4 Å². The van der Waals surface area contributed by atoms with Crippen molar-refractivity contribution >= 4 is 35.3 Å². The number of amides is 1. The summed E-state index contributed by atoms with van der Waals surface area (Å²) in [7, 11) is 1.64. The number of aromatic nitrogens is 2. The largest absolute Gasteiger partial charge is 0.497 e. The summed E-state index contributed by atoms with van der Waals surface area (Å²) < 4.78 is 7.29. The Balaban J connectivity index is 0.00000196. The van der Waals surface area contributed by atoms with Crippen molar-refractivity contribution in [2.75, 3.05) is 25.5 Å². The van der Waals surface area contributed by atoms with Crippen LogP contribution in [-0.4, -0.2) is 35.7 Å². The molecule has 4 rings (SSSR count). The third-order valence-corrected chi connectivity index (χ3v) is 4.54. The molecule has 1 saturated heterocycles. The molecule has 3 aromatic rings. The van der Waals surface area contributed by atoms with Crippen LogP contribution in [0.25, 0.3) is 16.7 Å². The highest BCUT2D eigenvalue weighted by atomic mass is 35.5. The van der Waals surface area contributed by atoms with Gasteiger partial charge in [-0.15, -0.1) is 12.4 Å². The molecule has 26 heavy (non-hydrogen) atoms. The van der Waals surface area contributed by atoms with E-state index in [9.17, 15) is 4.79 Å². The molecule has 6 nitrogen and oxygen atoms in total. The molecule has 1 fully saturated rings. The number of nitrogens with one attached hydrogen (secondary N) is 2. The Morgan fingerprint density at radius 1 is 1.27 bits per heavy atom. The summed E-state index contributed by atoms with van der Waals surface area (Å²) >= 11 is 0. The van der Waals surface area contributed by atoms with Crippen LogP contribution in [0.15, 0.2) is 48.5 Å². The number of nitrogens with zero attached hydrogens (tertiary/aromatic N) is 2. The number of hydrogen-bond donors (Lipinski definition) is 2. The lowest BCUT2D eigenvalue weighted by Crippen LogP contribution is -2.26. The summed E-state index contributed by atoms with van der Waals surface area (Å²) in [4.78, 5) is 17.2. The first-order valence-corrected chi connectivity index (χ1v) is 8.40. The predicted octanol–water partition coefficient (Wildman–Crippen LogP) is 3.00. The van der Waals surface area contributed by atoms with Crippen molar-refractivity contribution in [2.45, 2.75) is 6.42 Å². The normalized spacial score (nSPS) is 16.3. The lowest BCUT2D eigenvalue weighted by atomic mass is 10.1. The van der Waals surface area contributed by atoms with Crippen molar-refractivity contribution in [3.8, 4) is 11.4 Å². The summed E-state index contributed by atoms with van der Waals surface area (Å²) in [6.45, 7) is 1.59. The second-order valence-corrected chi connectivity index (χ2v) is 6.14. The van der Waals surface area contributed by atoms with E-state index in [-0.39, 0.29) is 24.2 Å². The topological polar surface area (TPSA) is 68.2 Å². The number of benzene rings is 2. The summed E-state index contributed by atoms with van der Waals surface area (Å²) in [6.07, 6.45) is 0.852. The minimum Gasteiger partial charge on any atom is -0.497 e. The number of halogens is 1. The number of carbonyl (C=O) groups is 1. The third kappa shape index (κ3) is 3.38. The average molecular weight is 373 g/mol. The number of fused-ring (bicyclic) bond motifs is 1. The fourth-order valence-corrected chi connectivity index (χ4v) is 3.21. The number of rotatable bonds is 4. The van der Waals surface area contributed by atoms with Crippen LogP contribution in [0.3, 0.4) is 0 Å². The van der Waals surface area contributed by atoms with Gasteiger partial charge in [-0.25, -0.2) is 4.98 Å². The van der Waals surface area contributed by atoms with E-state index in [0.29, 0.717) is 12.5 Å². The first-order chi connectivity index (χ1) is 12.3. The van der Waals surface area contributed by atoms with Crippen molar-refractivity contribution in [1.29, 1.82) is 0 Å². The molecular weight excluding hydrogens is 352 g/mol. The molecule has 1 aliphatic heterocycles. The van der Waals surface area contributed by atoms with E-state index in [1.54, 1.807) is 7.11 Å². The molecule has 2 heterocycles. The second-order valence-electron chi connectivity index (χ2n) is 6.14. The van der Waals surface area contributed by atoms with Crippen LogP contribution in [0.5, 0.6) is 5.75 Å². The number of hydrogen-bond acceptors (Lipinski definition) is 4. The highest BCUT2D eigenvalue weighted by molar-refractivity contribution is 5.94. The summed E-state index contributed by atoms with van der Waals surface area (Å²) in [5.41, 5.74) is 2.67. The van der Waals surface area contributed by atoms with Gasteiger partial charge in [0, 0.05) is 12.6 Å². The molecule has 1 aromatic heterocycles. The number of imidazole rings is 1. The van der Waals surface area contributed by atoms with Gasteiger partial charge < -0.3 is 10.1 Å². The van der Waals surface area contributed by atoms with Crippen LogP contribution in [-0.2, 0) is 4.79 Å². The Bertz CT molecular complexity index is 919. The van der Waals surface area contributed by atoms with E-state index >= 15 is 0 Å². The molecule has 2 N–H and O–H groups in total. The molecule has 1 aliphatic rings. The van der Waals surface area contributed by atoms with Gasteiger partial charge >= 0.3 is 0 Å². The van der Waals surface area contributed by atoms with Crippen molar-refractivity contribution in [3.63, 3.8) is 0 Å². The van der Waals surface area contributed by atoms with E-state index < -0.39 is 0 Å². The lowest BCUT2D eigenvalue weighted by Gasteiger charge is -2.13. The highest BCUT2D eigenvalue weighted by Crippen LogP contribution is 2.27. The number of para-hydroxylation sites is 2. The van der Waals surface area contributed by atoms with Crippen molar-refractivity contribution in [2.24, 2.45) is 5.92 Å². The predicted molar refractivity (Wildman–Crippen MR) is 104 cm³/mol. The maximum absolute atomic E-state index is 12.6. The van der Waals surface area contributed by atoms with Gasteiger partial charge in [-0.05, 0) is 37.2 Å². The quantitative estimate of drug-likeness (QED) is 0.738. The van der Waals surface area contributed by atoms with Crippen LogP contribution in [0, 0.1) is 5.92 Å². The van der Waals surface area contributed by atoms with E-state index in [0.717, 1.165) is 35.4 Å².